The molecule has 1 atom stereocenters. The topological polar surface area (TPSA) is 88.4 Å². The number of aromatic nitrogens is 1. The summed E-state index contributed by atoms with van der Waals surface area (Å²) in [6.45, 7) is 8.52. The monoisotopic (exact) mass is 536 g/mol. The highest BCUT2D eigenvalue weighted by Gasteiger charge is 2.35. The molecule has 0 saturated carbocycles. The number of carbonyl (C=O) groups is 1. The summed E-state index contributed by atoms with van der Waals surface area (Å²) < 4.78 is 24.2. The first-order valence-electron chi connectivity index (χ1n) is 12.4. The van der Waals surface area contributed by atoms with E-state index >= 15 is 0 Å². The molecule has 0 aliphatic carbocycles. The maximum atomic E-state index is 13.8. The summed E-state index contributed by atoms with van der Waals surface area (Å²) in [7, 11) is 3.10. The zero-order valence-electron chi connectivity index (χ0n) is 22.4. The van der Waals surface area contributed by atoms with Crippen molar-refractivity contribution in [3.05, 3.63) is 84.5 Å². The van der Waals surface area contributed by atoms with E-state index in [0.29, 0.717) is 50.2 Å². The fourth-order valence-electron chi connectivity index (χ4n) is 4.20. The lowest BCUT2D eigenvalue weighted by Gasteiger charge is -2.26. The molecule has 0 bridgehead atoms. The van der Waals surface area contributed by atoms with Crippen molar-refractivity contribution in [3.8, 4) is 17.2 Å². The average molecular weight is 537 g/mol. The van der Waals surface area contributed by atoms with Crippen LogP contribution in [0.25, 0.3) is 6.08 Å². The normalized spacial score (nSPS) is 15.2. The van der Waals surface area contributed by atoms with Crippen molar-refractivity contribution in [1.82, 2.24) is 4.57 Å². The second-order valence-corrected chi connectivity index (χ2v) is 10.2. The van der Waals surface area contributed by atoms with Gasteiger partial charge in [0.15, 0.2) is 4.80 Å². The first-order valence-corrected chi connectivity index (χ1v) is 13.2. The van der Waals surface area contributed by atoms with Crippen LogP contribution in [0.3, 0.4) is 0 Å². The van der Waals surface area contributed by atoms with E-state index in [0.717, 1.165) is 11.3 Å². The molecular formula is C29H32N2O6S. The SMILES string of the molecule is CCOC(=O)C1=C(C)N=c2sc(=Cc3ccc(OCC(C)C)cc3)c(=O)n2C1c1ccc(OC)cc1OC. The van der Waals surface area contributed by atoms with Crippen LogP contribution >= 0.6 is 11.3 Å². The number of allylic oxidation sites excluding steroid dienone is 1. The summed E-state index contributed by atoms with van der Waals surface area (Å²) >= 11 is 1.27. The average Bonchev–Trinajstić information content (AvgIpc) is 3.21. The van der Waals surface area contributed by atoms with E-state index in [-0.39, 0.29) is 12.2 Å². The van der Waals surface area contributed by atoms with E-state index in [1.54, 1.807) is 43.7 Å². The van der Waals surface area contributed by atoms with Crippen LogP contribution in [-0.4, -0.2) is 38.0 Å². The molecule has 0 N–H and O–H groups in total. The van der Waals surface area contributed by atoms with Crippen LogP contribution in [0, 0.1) is 5.92 Å². The molecule has 1 unspecified atom stereocenters. The number of thiazole rings is 1. The van der Waals surface area contributed by atoms with Gasteiger partial charge in [-0.25, -0.2) is 9.79 Å². The zero-order valence-corrected chi connectivity index (χ0v) is 23.3. The molecule has 8 nitrogen and oxygen atoms in total. The summed E-state index contributed by atoms with van der Waals surface area (Å²) in [6, 6.07) is 12.1. The van der Waals surface area contributed by atoms with Gasteiger partial charge < -0.3 is 18.9 Å². The quantitative estimate of drug-likeness (QED) is 0.386. The van der Waals surface area contributed by atoms with E-state index in [1.165, 1.54) is 18.4 Å². The Labute approximate surface area is 225 Å². The third-order valence-corrected chi connectivity index (χ3v) is 7.00. The Balaban J connectivity index is 1.86. The van der Waals surface area contributed by atoms with Crippen LogP contribution in [-0.2, 0) is 9.53 Å². The van der Waals surface area contributed by atoms with E-state index in [1.807, 2.05) is 30.3 Å². The lowest BCUT2D eigenvalue weighted by atomic mass is 9.95. The molecule has 0 saturated heterocycles. The Hall–Kier alpha value is -3.85. The van der Waals surface area contributed by atoms with E-state index in [4.69, 9.17) is 18.9 Å². The maximum absolute atomic E-state index is 13.8. The van der Waals surface area contributed by atoms with Gasteiger partial charge in [-0.05, 0) is 55.7 Å². The molecule has 38 heavy (non-hydrogen) atoms. The molecule has 200 valence electrons. The molecule has 1 aliphatic heterocycles. The van der Waals surface area contributed by atoms with Gasteiger partial charge in [-0.3, -0.25) is 9.36 Å². The standard InChI is InChI=1S/C29H32N2O6S/c1-7-36-28(33)25-18(4)30-29-31(26(25)22-13-12-21(34-5)15-23(22)35-6)27(32)24(38-29)14-19-8-10-20(11-9-19)37-16-17(2)3/h8-15,17,26H,7,16H2,1-6H3. The number of ether oxygens (including phenoxy) is 4. The molecule has 4 rings (SSSR count). The fourth-order valence-corrected chi connectivity index (χ4v) is 5.25. The Kier molecular flexibility index (Phi) is 8.36. The van der Waals surface area contributed by atoms with Gasteiger partial charge in [-0.2, -0.15) is 0 Å². The van der Waals surface area contributed by atoms with Crippen molar-refractivity contribution >= 4 is 23.4 Å². The predicted octanol–water partition coefficient (Wildman–Crippen LogP) is 3.85. The lowest BCUT2D eigenvalue weighted by Crippen LogP contribution is -2.40. The van der Waals surface area contributed by atoms with Crippen LogP contribution in [0.2, 0.25) is 0 Å². The zero-order chi connectivity index (χ0) is 27.4. The molecule has 2 heterocycles. The molecule has 2 aromatic carbocycles. The van der Waals surface area contributed by atoms with Crippen molar-refractivity contribution in [1.29, 1.82) is 0 Å². The second kappa shape index (κ2) is 11.7. The van der Waals surface area contributed by atoms with Gasteiger partial charge in [-0.1, -0.05) is 37.3 Å². The van der Waals surface area contributed by atoms with Gasteiger partial charge in [0, 0.05) is 11.6 Å². The number of fused-ring (bicyclic) bond motifs is 1. The minimum Gasteiger partial charge on any atom is -0.497 e. The molecular weight excluding hydrogens is 504 g/mol. The highest BCUT2D eigenvalue weighted by molar-refractivity contribution is 7.07. The van der Waals surface area contributed by atoms with E-state index in [2.05, 4.69) is 18.8 Å². The number of methoxy groups -OCH3 is 2. The third kappa shape index (κ3) is 5.52. The molecule has 0 amide bonds. The van der Waals surface area contributed by atoms with Crippen molar-refractivity contribution in [2.24, 2.45) is 10.9 Å². The van der Waals surface area contributed by atoms with Gasteiger partial charge in [0.2, 0.25) is 0 Å². The van der Waals surface area contributed by atoms with Crippen molar-refractivity contribution < 1.29 is 23.7 Å². The van der Waals surface area contributed by atoms with Gasteiger partial charge >= 0.3 is 5.97 Å². The van der Waals surface area contributed by atoms with Crippen molar-refractivity contribution in [2.45, 2.75) is 33.7 Å². The minimum atomic E-state index is -0.778. The van der Waals surface area contributed by atoms with Crippen molar-refractivity contribution in [3.63, 3.8) is 0 Å². The number of carbonyl (C=O) groups excluding carboxylic acids is 1. The largest absolute Gasteiger partial charge is 0.497 e. The molecule has 0 fully saturated rings. The van der Waals surface area contributed by atoms with Crippen LogP contribution in [0.15, 0.2) is 63.5 Å². The second-order valence-electron chi connectivity index (χ2n) is 9.18. The fraction of sp³-hybridized carbons (Fsp3) is 0.345. The van der Waals surface area contributed by atoms with Gasteiger partial charge in [0.25, 0.3) is 5.56 Å². The summed E-state index contributed by atoms with van der Waals surface area (Å²) in [5.74, 6) is 1.76. The number of benzene rings is 2. The first kappa shape index (κ1) is 27.2. The van der Waals surface area contributed by atoms with E-state index < -0.39 is 12.0 Å². The smallest absolute Gasteiger partial charge is 0.338 e. The van der Waals surface area contributed by atoms with Crippen LogP contribution < -0.4 is 29.1 Å². The van der Waals surface area contributed by atoms with Crippen LogP contribution in [0.5, 0.6) is 17.2 Å². The molecule has 0 spiro atoms. The van der Waals surface area contributed by atoms with Crippen LogP contribution in [0.1, 0.15) is 44.9 Å². The highest BCUT2D eigenvalue weighted by Crippen LogP contribution is 2.37. The molecule has 0 radical (unpaired) electrons. The molecule has 1 aliphatic rings. The summed E-state index contributed by atoms with van der Waals surface area (Å²) in [4.78, 5) is 32.1. The Morgan fingerprint density at radius 1 is 1.11 bits per heavy atom. The Morgan fingerprint density at radius 3 is 2.45 bits per heavy atom. The number of hydrogen-bond donors (Lipinski definition) is 0. The van der Waals surface area contributed by atoms with E-state index in [9.17, 15) is 9.59 Å². The lowest BCUT2D eigenvalue weighted by molar-refractivity contribution is -0.139. The number of nitrogens with zero attached hydrogens (tertiary/aromatic N) is 2. The Morgan fingerprint density at radius 2 is 1.82 bits per heavy atom. The predicted molar refractivity (Wildman–Crippen MR) is 147 cm³/mol. The summed E-state index contributed by atoms with van der Waals surface area (Å²) in [5.41, 5.74) is 2.01. The highest BCUT2D eigenvalue weighted by atomic mass is 32.1. The maximum Gasteiger partial charge on any atom is 0.338 e. The summed E-state index contributed by atoms with van der Waals surface area (Å²) in [6.07, 6.45) is 1.82. The minimum absolute atomic E-state index is 0.198. The van der Waals surface area contributed by atoms with Crippen molar-refractivity contribution in [2.75, 3.05) is 27.4 Å². The van der Waals surface area contributed by atoms with Gasteiger partial charge in [0.1, 0.15) is 23.3 Å². The molecule has 9 heteroatoms. The first-order chi connectivity index (χ1) is 18.3. The number of hydrogen-bond acceptors (Lipinski definition) is 8. The number of rotatable bonds is 9. The molecule has 3 aromatic rings. The molecule has 1 aromatic heterocycles. The van der Waals surface area contributed by atoms with Crippen LogP contribution in [0.4, 0.5) is 0 Å². The van der Waals surface area contributed by atoms with Gasteiger partial charge in [0.05, 0.1) is 43.2 Å². The third-order valence-electron chi connectivity index (χ3n) is 6.01. The Bertz CT molecular complexity index is 1530. The van der Waals surface area contributed by atoms with Gasteiger partial charge in [-0.15, -0.1) is 0 Å². The summed E-state index contributed by atoms with van der Waals surface area (Å²) in [5, 5.41) is 0. The number of esters is 1.